The lowest BCUT2D eigenvalue weighted by atomic mass is 9.96. The first-order chi connectivity index (χ1) is 13.3. The van der Waals surface area contributed by atoms with Gasteiger partial charge in [-0.15, -0.1) is 0 Å². The van der Waals surface area contributed by atoms with E-state index < -0.39 is 0 Å². The summed E-state index contributed by atoms with van der Waals surface area (Å²) in [6.07, 6.45) is 11.7. The lowest BCUT2D eigenvalue weighted by Gasteiger charge is -2.24. The van der Waals surface area contributed by atoms with Crippen molar-refractivity contribution < 1.29 is 4.74 Å². The van der Waals surface area contributed by atoms with E-state index in [4.69, 9.17) is 21.3 Å². The van der Waals surface area contributed by atoms with E-state index in [1.165, 1.54) is 32.1 Å². The maximum absolute atomic E-state index is 6.41. The zero-order chi connectivity index (χ0) is 18.5. The molecule has 0 radical (unpaired) electrons. The molecule has 0 aromatic carbocycles. The Kier molecular flexibility index (Phi) is 6.04. The highest BCUT2D eigenvalue weighted by atomic mass is 35.5. The third kappa shape index (κ3) is 4.87. The largest absolute Gasteiger partial charge is 0.381 e. The summed E-state index contributed by atoms with van der Waals surface area (Å²) in [7, 11) is 0. The average Bonchev–Trinajstić information content (AvgIpc) is 2.71. The number of hydrogen-bond donors (Lipinski definition) is 2. The van der Waals surface area contributed by atoms with Crippen LogP contribution in [0, 0.1) is 0 Å². The molecule has 27 heavy (non-hydrogen) atoms. The first kappa shape index (κ1) is 18.4. The fraction of sp³-hybridized carbons (Fsp3) is 0.550. The van der Waals surface area contributed by atoms with Crippen LogP contribution < -0.4 is 10.6 Å². The van der Waals surface area contributed by atoms with Crippen LogP contribution >= 0.6 is 11.6 Å². The van der Waals surface area contributed by atoms with Gasteiger partial charge in [0, 0.05) is 37.1 Å². The Hall–Kier alpha value is -1.92. The van der Waals surface area contributed by atoms with Gasteiger partial charge in [0.2, 0.25) is 5.95 Å². The Bertz CT molecular complexity index is 760. The molecule has 0 atom stereocenters. The molecule has 4 rings (SSSR count). The van der Waals surface area contributed by atoms with Crippen LogP contribution in [0.3, 0.4) is 0 Å². The van der Waals surface area contributed by atoms with E-state index in [1.54, 1.807) is 12.4 Å². The molecule has 1 saturated heterocycles. The monoisotopic (exact) mass is 387 g/mol. The van der Waals surface area contributed by atoms with Gasteiger partial charge >= 0.3 is 0 Å². The third-order valence-electron chi connectivity index (χ3n) is 5.29. The van der Waals surface area contributed by atoms with Crippen LogP contribution in [-0.4, -0.2) is 40.2 Å². The molecule has 0 amide bonds. The minimum Gasteiger partial charge on any atom is -0.381 e. The molecule has 1 aliphatic heterocycles. The van der Waals surface area contributed by atoms with Gasteiger partial charge in [-0.2, -0.15) is 0 Å². The summed E-state index contributed by atoms with van der Waals surface area (Å²) in [6, 6.07) is 4.80. The maximum Gasteiger partial charge on any atom is 0.223 e. The van der Waals surface area contributed by atoms with Crippen LogP contribution in [-0.2, 0) is 4.74 Å². The predicted octanol–water partition coefficient (Wildman–Crippen LogP) is 4.53. The predicted molar refractivity (Wildman–Crippen MR) is 108 cm³/mol. The normalized spacial score (nSPS) is 19.0. The first-order valence-corrected chi connectivity index (χ1v) is 10.3. The summed E-state index contributed by atoms with van der Waals surface area (Å²) in [6.45, 7) is 1.59. The van der Waals surface area contributed by atoms with Gasteiger partial charge in [-0.05, 0) is 37.8 Å². The lowest BCUT2D eigenvalue weighted by molar-refractivity contribution is 0.0904. The highest BCUT2D eigenvalue weighted by molar-refractivity contribution is 6.32. The Morgan fingerprint density at radius 3 is 2.56 bits per heavy atom. The molecular weight excluding hydrogens is 362 g/mol. The van der Waals surface area contributed by atoms with Crippen LogP contribution in [0.5, 0.6) is 0 Å². The van der Waals surface area contributed by atoms with Gasteiger partial charge in [0.1, 0.15) is 5.82 Å². The molecule has 3 heterocycles. The minimum atomic E-state index is 0.394. The Labute approximate surface area is 165 Å². The van der Waals surface area contributed by atoms with Gasteiger partial charge in [0.15, 0.2) is 0 Å². The number of hydrogen-bond acceptors (Lipinski definition) is 6. The number of rotatable bonds is 5. The molecular formula is C20H26ClN5O. The Morgan fingerprint density at radius 2 is 1.74 bits per heavy atom. The van der Waals surface area contributed by atoms with Crippen molar-refractivity contribution in [3.05, 3.63) is 29.5 Å². The molecule has 0 spiro atoms. The van der Waals surface area contributed by atoms with Crippen molar-refractivity contribution in [3.63, 3.8) is 0 Å². The molecule has 144 valence electrons. The van der Waals surface area contributed by atoms with E-state index in [-0.39, 0.29) is 0 Å². The van der Waals surface area contributed by atoms with E-state index in [0.29, 0.717) is 23.1 Å². The number of ether oxygens (including phenoxy) is 1. The van der Waals surface area contributed by atoms with E-state index in [1.807, 2.05) is 12.1 Å². The van der Waals surface area contributed by atoms with Crippen molar-refractivity contribution >= 4 is 23.4 Å². The minimum absolute atomic E-state index is 0.394. The van der Waals surface area contributed by atoms with Gasteiger partial charge in [0.25, 0.3) is 0 Å². The number of aromatic nitrogens is 3. The number of anilines is 2. The van der Waals surface area contributed by atoms with Crippen molar-refractivity contribution in [3.8, 4) is 11.3 Å². The number of nitrogens with zero attached hydrogens (tertiary/aromatic N) is 3. The molecule has 0 bridgehead atoms. The van der Waals surface area contributed by atoms with Gasteiger partial charge in [-0.25, -0.2) is 15.0 Å². The van der Waals surface area contributed by atoms with Gasteiger partial charge in [0.05, 0.1) is 16.9 Å². The van der Waals surface area contributed by atoms with E-state index >= 15 is 0 Å². The molecule has 2 N–H and O–H groups in total. The van der Waals surface area contributed by atoms with Crippen LogP contribution in [0.25, 0.3) is 11.3 Å². The van der Waals surface area contributed by atoms with Crippen LogP contribution in [0.15, 0.2) is 24.5 Å². The highest BCUT2D eigenvalue weighted by Crippen LogP contribution is 2.29. The number of halogens is 1. The zero-order valence-corrected chi connectivity index (χ0v) is 16.2. The molecule has 6 nitrogen and oxygen atoms in total. The van der Waals surface area contributed by atoms with Crippen molar-refractivity contribution in [2.75, 3.05) is 23.8 Å². The molecule has 0 unspecified atom stereocenters. The standard InChI is InChI=1S/C20H26ClN5O/c21-17-13-23-20(25-15-4-2-1-3-5-15)26-19(17)14-6-9-22-18(12-14)24-16-7-10-27-11-8-16/h6,9,12-13,15-16H,1-5,7-8,10-11H2,(H,22,24)(H,23,25,26). The summed E-state index contributed by atoms with van der Waals surface area (Å²) < 4.78 is 5.42. The number of nitrogens with one attached hydrogen (secondary N) is 2. The molecule has 1 saturated carbocycles. The second-order valence-electron chi connectivity index (χ2n) is 7.33. The topological polar surface area (TPSA) is 72.0 Å². The van der Waals surface area contributed by atoms with Crippen LogP contribution in [0.1, 0.15) is 44.9 Å². The quantitative estimate of drug-likeness (QED) is 0.785. The molecule has 1 aliphatic carbocycles. The maximum atomic E-state index is 6.41. The summed E-state index contributed by atoms with van der Waals surface area (Å²) in [5.41, 5.74) is 1.68. The summed E-state index contributed by atoms with van der Waals surface area (Å²) >= 11 is 6.41. The molecule has 2 aliphatic rings. The van der Waals surface area contributed by atoms with Crippen molar-refractivity contribution in [1.82, 2.24) is 15.0 Å². The highest BCUT2D eigenvalue weighted by Gasteiger charge is 2.17. The molecule has 2 aromatic rings. The van der Waals surface area contributed by atoms with Gasteiger partial charge in [-0.1, -0.05) is 30.9 Å². The lowest BCUT2D eigenvalue weighted by Crippen LogP contribution is -2.28. The second kappa shape index (κ2) is 8.85. The van der Waals surface area contributed by atoms with E-state index in [2.05, 4.69) is 20.6 Å². The summed E-state index contributed by atoms with van der Waals surface area (Å²) in [5, 5.41) is 7.52. The molecule has 2 aromatic heterocycles. The van der Waals surface area contributed by atoms with Crippen molar-refractivity contribution in [2.24, 2.45) is 0 Å². The van der Waals surface area contributed by atoms with E-state index in [9.17, 15) is 0 Å². The van der Waals surface area contributed by atoms with E-state index in [0.717, 1.165) is 43.1 Å². The Morgan fingerprint density at radius 1 is 0.963 bits per heavy atom. The molecule has 7 heteroatoms. The number of pyridine rings is 1. The van der Waals surface area contributed by atoms with Crippen LogP contribution in [0.2, 0.25) is 5.02 Å². The van der Waals surface area contributed by atoms with Gasteiger partial charge in [-0.3, -0.25) is 0 Å². The zero-order valence-electron chi connectivity index (χ0n) is 15.5. The first-order valence-electron chi connectivity index (χ1n) is 9.88. The third-order valence-corrected chi connectivity index (χ3v) is 5.57. The van der Waals surface area contributed by atoms with Gasteiger partial charge < -0.3 is 15.4 Å². The SMILES string of the molecule is Clc1cnc(NC2CCCCC2)nc1-c1ccnc(NC2CCOCC2)c1. The fourth-order valence-corrected chi connectivity index (χ4v) is 3.98. The molecule has 2 fully saturated rings. The average molecular weight is 388 g/mol. The van der Waals surface area contributed by atoms with Crippen molar-refractivity contribution in [1.29, 1.82) is 0 Å². The van der Waals surface area contributed by atoms with Crippen LogP contribution in [0.4, 0.5) is 11.8 Å². The van der Waals surface area contributed by atoms with Crippen molar-refractivity contribution in [2.45, 2.75) is 57.0 Å². The summed E-state index contributed by atoms with van der Waals surface area (Å²) in [4.78, 5) is 13.5. The summed E-state index contributed by atoms with van der Waals surface area (Å²) in [5.74, 6) is 1.49. The fourth-order valence-electron chi connectivity index (χ4n) is 3.78. The second-order valence-corrected chi connectivity index (χ2v) is 7.74. The smallest absolute Gasteiger partial charge is 0.223 e. The Balaban J connectivity index is 1.51.